The van der Waals surface area contributed by atoms with Crippen LogP contribution in [0.3, 0.4) is 0 Å². The number of amides is 2. The molecule has 30 heavy (non-hydrogen) atoms. The molecule has 1 unspecified atom stereocenters. The van der Waals surface area contributed by atoms with E-state index < -0.39 is 0 Å². The van der Waals surface area contributed by atoms with Crippen molar-refractivity contribution in [2.24, 2.45) is 0 Å². The van der Waals surface area contributed by atoms with Gasteiger partial charge in [-0.3, -0.25) is 4.90 Å². The molecule has 0 bridgehead atoms. The number of halogens is 1. The molecule has 2 aliphatic heterocycles. The predicted octanol–water partition coefficient (Wildman–Crippen LogP) is 4.50. The third-order valence-electron chi connectivity index (χ3n) is 6.40. The summed E-state index contributed by atoms with van der Waals surface area (Å²) in [6.07, 6.45) is 3.70. The molecule has 2 aromatic rings. The molecule has 6 heteroatoms. The van der Waals surface area contributed by atoms with E-state index in [1.165, 1.54) is 17.7 Å². The zero-order chi connectivity index (χ0) is 21.0. The Balaban J connectivity index is 1.31. The first-order chi connectivity index (χ1) is 14.5. The van der Waals surface area contributed by atoms with Crippen LogP contribution in [0.5, 0.6) is 0 Å². The van der Waals surface area contributed by atoms with Crippen LogP contribution in [0.15, 0.2) is 54.6 Å². The lowest BCUT2D eigenvalue weighted by molar-refractivity contribution is -0.127. The van der Waals surface area contributed by atoms with E-state index in [-0.39, 0.29) is 17.4 Å². The topological polar surface area (TPSA) is 44.8 Å². The summed E-state index contributed by atoms with van der Waals surface area (Å²) in [6, 6.07) is 16.8. The quantitative estimate of drug-likeness (QED) is 0.806. The Labute approximate surface area is 177 Å². The minimum absolute atomic E-state index is 0.149. The molecule has 160 valence electrons. The van der Waals surface area contributed by atoms with Crippen molar-refractivity contribution in [3.63, 3.8) is 0 Å². The molecule has 2 aromatic carbocycles. The molecular weight excluding hydrogens is 381 g/mol. The third-order valence-corrected chi connectivity index (χ3v) is 6.40. The highest BCUT2D eigenvalue weighted by Crippen LogP contribution is 2.37. The largest absolute Gasteiger partial charge is 0.375 e. The number of urea groups is 1. The van der Waals surface area contributed by atoms with Crippen molar-refractivity contribution in [1.29, 1.82) is 0 Å². The van der Waals surface area contributed by atoms with Crippen molar-refractivity contribution < 1.29 is 13.9 Å². The first-order valence-corrected chi connectivity index (χ1v) is 10.7. The summed E-state index contributed by atoms with van der Waals surface area (Å²) >= 11 is 0. The fraction of sp³-hybridized carbons (Fsp3) is 0.458. The second-order valence-corrected chi connectivity index (χ2v) is 8.51. The Kier molecular flexibility index (Phi) is 6.35. The smallest absolute Gasteiger partial charge is 0.321 e. The molecule has 2 aliphatic rings. The van der Waals surface area contributed by atoms with Gasteiger partial charge in [-0.15, -0.1) is 0 Å². The Morgan fingerprint density at radius 1 is 1.20 bits per heavy atom. The summed E-state index contributed by atoms with van der Waals surface area (Å²) in [7, 11) is 2.19. The Hall–Kier alpha value is -2.44. The number of nitrogens with zero attached hydrogens (tertiary/aromatic N) is 2. The van der Waals surface area contributed by atoms with Crippen molar-refractivity contribution in [3.8, 4) is 0 Å². The van der Waals surface area contributed by atoms with Gasteiger partial charge < -0.3 is 15.0 Å². The van der Waals surface area contributed by atoms with Gasteiger partial charge in [0.2, 0.25) is 0 Å². The molecule has 1 spiro atoms. The van der Waals surface area contributed by atoms with Crippen LogP contribution in [0.25, 0.3) is 0 Å². The SMILES string of the molecule is CN(Cc1ccccc1)C1CCOC2(CCN(C(=O)Nc3cccc(F)c3)CC2)C1. The van der Waals surface area contributed by atoms with Gasteiger partial charge >= 0.3 is 6.03 Å². The average Bonchev–Trinajstić information content (AvgIpc) is 2.75. The second kappa shape index (κ2) is 9.14. The van der Waals surface area contributed by atoms with Crippen molar-refractivity contribution in [2.45, 2.75) is 43.9 Å². The number of carbonyl (C=O) groups excluding carboxylic acids is 1. The highest BCUT2D eigenvalue weighted by Gasteiger charge is 2.42. The molecule has 2 amide bonds. The predicted molar refractivity (Wildman–Crippen MR) is 116 cm³/mol. The summed E-state index contributed by atoms with van der Waals surface area (Å²) in [4.78, 5) is 16.8. The summed E-state index contributed by atoms with van der Waals surface area (Å²) in [5.41, 5.74) is 1.66. The fourth-order valence-electron chi connectivity index (χ4n) is 4.61. The molecular formula is C24H30FN3O2. The molecule has 1 atom stereocenters. The molecule has 1 N–H and O–H groups in total. The number of hydrogen-bond acceptors (Lipinski definition) is 3. The molecule has 4 rings (SSSR count). The van der Waals surface area contributed by atoms with Crippen LogP contribution in [0, 0.1) is 5.82 Å². The molecule has 0 aromatic heterocycles. The van der Waals surface area contributed by atoms with Crippen LogP contribution in [-0.2, 0) is 11.3 Å². The van der Waals surface area contributed by atoms with Crippen LogP contribution in [0.1, 0.15) is 31.2 Å². The van der Waals surface area contributed by atoms with Crippen LogP contribution in [-0.4, -0.2) is 54.2 Å². The van der Waals surface area contributed by atoms with Crippen LogP contribution in [0.2, 0.25) is 0 Å². The maximum atomic E-state index is 13.4. The monoisotopic (exact) mass is 411 g/mol. The molecule has 2 saturated heterocycles. The van der Waals surface area contributed by atoms with Gasteiger partial charge in [0, 0.05) is 38.0 Å². The number of hydrogen-bond donors (Lipinski definition) is 1. The fourth-order valence-corrected chi connectivity index (χ4v) is 4.61. The number of anilines is 1. The molecule has 0 radical (unpaired) electrons. The minimum Gasteiger partial charge on any atom is -0.375 e. The number of piperidine rings is 1. The Morgan fingerprint density at radius 3 is 2.70 bits per heavy atom. The maximum absolute atomic E-state index is 13.4. The average molecular weight is 412 g/mol. The third kappa shape index (κ3) is 4.99. The number of likely N-dealkylation sites (tertiary alicyclic amines) is 1. The van der Waals surface area contributed by atoms with Crippen LogP contribution in [0.4, 0.5) is 14.9 Å². The van der Waals surface area contributed by atoms with Crippen LogP contribution < -0.4 is 5.32 Å². The van der Waals surface area contributed by atoms with E-state index in [9.17, 15) is 9.18 Å². The summed E-state index contributed by atoms with van der Waals surface area (Å²) in [6.45, 7) is 3.00. The van der Waals surface area contributed by atoms with Gasteiger partial charge in [0.05, 0.1) is 5.60 Å². The number of ether oxygens (including phenoxy) is 1. The number of carbonyl (C=O) groups is 1. The first-order valence-electron chi connectivity index (χ1n) is 10.7. The lowest BCUT2D eigenvalue weighted by atomic mass is 9.82. The highest BCUT2D eigenvalue weighted by molar-refractivity contribution is 5.89. The number of benzene rings is 2. The van der Waals surface area contributed by atoms with E-state index in [1.807, 2.05) is 6.07 Å². The lowest BCUT2D eigenvalue weighted by Gasteiger charge is -2.47. The number of nitrogens with one attached hydrogen (secondary N) is 1. The molecule has 0 aliphatic carbocycles. The summed E-state index contributed by atoms with van der Waals surface area (Å²) in [5, 5.41) is 2.80. The Bertz CT molecular complexity index is 853. The highest BCUT2D eigenvalue weighted by atomic mass is 19.1. The number of rotatable bonds is 4. The van der Waals surface area contributed by atoms with E-state index in [2.05, 4.69) is 41.5 Å². The van der Waals surface area contributed by atoms with Gasteiger partial charge in [-0.2, -0.15) is 0 Å². The first kappa shape index (κ1) is 20.8. The lowest BCUT2D eigenvalue weighted by Crippen LogP contribution is -2.54. The maximum Gasteiger partial charge on any atom is 0.321 e. The van der Waals surface area contributed by atoms with E-state index in [0.29, 0.717) is 24.8 Å². The van der Waals surface area contributed by atoms with Crippen molar-refractivity contribution in [1.82, 2.24) is 9.80 Å². The molecule has 2 heterocycles. The standard InChI is InChI=1S/C24H30FN3O2/c1-27(18-19-6-3-2-4-7-19)22-10-15-30-24(17-22)11-13-28(14-12-24)23(29)26-21-9-5-8-20(25)16-21/h2-9,16,22H,10-15,17-18H2,1H3,(H,26,29). The van der Waals surface area contributed by atoms with Crippen molar-refractivity contribution in [3.05, 3.63) is 66.0 Å². The van der Waals surface area contributed by atoms with Crippen molar-refractivity contribution >= 4 is 11.7 Å². The minimum atomic E-state index is -0.355. The Morgan fingerprint density at radius 2 is 1.97 bits per heavy atom. The molecule has 0 saturated carbocycles. The summed E-state index contributed by atoms with van der Waals surface area (Å²) < 4.78 is 19.6. The van der Waals surface area contributed by atoms with E-state index in [0.717, 1.165) is 38.8 Å². The van der Waals surface area contributed by atoms with E-state index >= 15 is 0 Å². The van der Waals surface area contributed by atoms with Gasteiger partial charge in [-0.05, 0) is 56.5 Å². The van der Waals surface area contributed by atoms with Gasteiger partial charge in [-0.25, -0.2) is 9.18 Å². The van der Waals surface area contributed by atoms with Gasteiger partial charge in [0.25, 0.3) is 0 Å². The van der Waals surface area contributed by atoms with Gasteiger partial charge in [0.15, 0.2) is 0 Å². The second-order valence-electron chi connectivity index (χ2n) is 8.51. The normalized spacial score (nSPS) is 21.0. The zero-order valence-corrected chi connectivity index (χ0v) is 17.5. The molecule has 2 fully saturated rings. The summed E-state index contributed by atoms with van der Waals surface area (Å²) in [5.74, 6) is -0.355. The molecule has 5 nitrogen and oxygen atoms in total. The zero-order valence-electron chi connectivity index (χ0n) is 17.5. The van der Waals surface area contributed by atoms with E-state index in [4.69, 9.17) is 4.74 Å². The van der Waals surface area contributed by atoms with Gasteiger partial charge in [0.1, 0.15) is 5.82 Å². The van der Waals surface area contributed by atoms with Crippen molar-refractivity contribution in [2.75, 3.05) is 32.1 Å². The van der Waals surface area contributed by atoms with E-state index in [1.54, 1.807) is 17.0 Å². The van der Waals surface area contributed by atoms with Gasteiger partial charge in [-0.1, -0.05) is 36.4 Å². The van der Waals surface area contributed by atoms with Crippen LogP contribution >= 0.6 is 0 Å².